The first-order chi connectivity index (χ1) is 7.77. The molecule has 1 saturated heterocycles. The first-order valence-electron chi connectivity index (χ1n) is 5.23. The summed E-state index contributed by atoms with van der Waals surface area (Å²) >= 11 is 0. The van der Waals surface area contributed by atoms with Crippen LogP contribution < -0.4 is 5.73 Å². The lowest BCUT2D eigenvalue weighted by Gasteiger charge is -2.27. The van der Waals surface area contributed by atoms with E-state index in [1.807, 2.05) is 11.9 Å². The van der Waals surface area contributed by atoms with Crippen LogP contribution in [0.5, 0.6) is 0 Å². The number of nitrogens with zero attached hydrogens (tertiary/aromatic N) is 5. The molecule has 2 N–H and O–H groups in total. The summed E-state index contributed by atoms with van der Waals surface area (Å²) < 4.78 is 6.93. The van der Waals surface area contributed by atoms with Gasteiger partial charge in [-0.3, -0.25) is 4.68 Å². The molecule has 1 aromatic heterocycles. The summed E-state index contributed by atoms with van der Waals surface area (Å²) in [6.07, 6.45) is 1.69. The van der Waals surface area contributed by atoms with E-state index in [1.54, 1.807) is 10.9 Å². The highest BCUT2D eigenvalue weighted by atomic mass is 127. The van der Waals surface area contributed by atoms with Crippen LogP contribution in [0.4, 0.5) is 0 Å². The molecule has 0 unspecified atom stereocenters. The number of hydrogen-bond acceptors (Lipinski definition) is 4. The molecule has 0 aliphatic carbocycles. The van der Waals surface area contributed by atoms with Crippen LogP contribution in [0.3, 0.4) is 0 Å². The summed E-state index contributed by atoms with van der Waals surface area (Å²) in [5.41, 5.74) is 6.83. The Morgan fingerprint density at radius 2 is 2.24 bits per heavy atom. The van der Waals surface area contributed by atoms with Crippen molar-refractivity contribution in [2.45, 2.75) is 6.54 Å². The van der Waals surface area contributed by atoms with Gasteiger partial charge in [-0.1, -0.05) is 5.21 Å². The highest BCUT2D eigenvalue weighted by Gasteiger charge is 2.12. The third-order valence-electron chi connectivity index (χ3n) is 2.55. The van der Waals surface area contributed by atoms with Crippen molar-refractivity contribution in [3.8, 4) is 0 Å². The second-order valence-electron chi connectivity index (χ2n) is 3.62. The van der Waals surface area contributed by atoms with Gasteiger partial charge >= 0.3 is 0 Å². The lowest BCUT2D eigenvalue weighted by molar-refractivity contribution is 0.0674. The zero-order valence-corrected chi connectivity index (χ0v) is 12.1. The summed E-state index contributed by atoms with van der Waals surface area (Å²) in [5.74, 6) is 0.560. The van der Waals surface area contributed by atoms with Crippen LogP contribution in [0.25, 0.3) is 0 Å². The van der Waals surface area contributed by atoms with E-state index < -0.39 is 0 Å². The molecule has 2 rings (SSSR count). The molecule has 0 atom stereocenters. The van der Waals surface area contributed by atoms with E-state index in [2.05, 4.69) is 15.3 Å². The van der Waals surface area contributed by atoms with Crippen molar-refractivity contribution in [2.24, 2.45) is 17.8 Å². The monoisotopic (exact) mass is 352 g/mol. The fourth-order valence-corrected chi connectivity index (χ4v) is 1.51. The molecule has 96 valence electrons. The van der Waals surface area contributed by atoms with Crippen molar-refractivity contribution in [3.05, 3.63) is 11.9 Å². The van der Waals surface area contributed by atoms with Gasteiger partial charge in [0.1, 0.15) is 0 Å². The lowest BCUT2D eigenvalue weighted by atomic mass is 10.4. The Morgan fingerprint density at radius 3 is 2.82 bits per heavy atom. The van der Waals surface area contributed by atoms with E-state index in [0.29, 0.717) is 25.7 Å². The molecule has 0 aromatic carbocycles. The van der Waals surface area contributed by atoms with Gasteiger partial charge in [-0.25, -0.2) is 4.99 Å². The first-order valence-corrected chi connectivity index (χ1v) is 5.23. The standard InChI is InChI=1S/C9H16N6O.HI/c1-14-8(7-12-13-14)6-11-9(10)15-2-4-16-5-3-15;/h7H,2-6H2,1H3,(H2,10,11);1H. The molecule has 1 aliphatic rings. The molecule has 0 saturated carbocycles. The zero-order chi connectivity index (χ0) is 11.4. The molecule has 2 heterocycles. The molecule has 1 fully saturated rings. The van der Waals surface area contributed by atoms with Gasteiger partial charge < -0.3 is 15.4 Å². The molecule has 8 heteroatoms. The Kier molecular flexibility index (Phi) is 5.62. The Labute approximate surface area is 117 Å². The number of aliphatic imine (C=N–C) groups is 1. The van der Waals surface area contributed by atoms with Crippen LogP contribution in [-0.2, 0) is 18.3 Å². The number of hydrogen-bond donors (Lipinski definition) is 1. The van der Waals surface area contributed by atoms with Gasteiger partial charge in [0.25, 0.3) is 0 Å². The molecule has 0 bridgehead atoms. The predicted octanol–water partition coefficient (Wildman–Crippen LogP) is -0.420. The minimum absolute atomic E-state index is 0. The molecule has 0 radical (unpaired) electrons. The van der Waals surface area contributed by atoms with E-state index in [0.717, 1.165) is 18.8 Å². The van der Waals surface area contributed by atoms with E-state index in [9.17, 15) is 0 Å². The largest absolute Gasteiger partial charge is 0.378 e. The third kappa shape index (κ3) is 3.80. The molecule has 0 spiro atoms. The number of guanidine groups is 1. The Bertz CT molecular complexity index is 373. The Morgan fingerprint density at radius 1 is 1.53 bits per heavy atom. The second-order valence-corrected chi connectivity index (χ2v) is 3.62. The number of morpholine rings is 1. The van der Waals surface area contributed by atoms with Crippen molar-refractivity contribution in [1.82, 2.24) is 19.9 Å². The normalized spacial score (nSPS) is 16.8. The van der Waals surface area contributed by atoms with Gasteiger partial charge in [-0.15, -0.1) is 29.1 Å². The maximum atomic E-state index is 5.89. The zero-order valence-electron chi connectivity index (χ0n) is 9.74. The minimum atomic E-state index is 0. The molecule has 1 aliphatic heterocycles. The highest BCUT2D eigenvalue weighted by molar-refractivity contribution is 14.0. The Hall–Kier alpha value is -0.900. The number of aromatic nitrogens is 3. The molecule has 0 amide bonds. The number of halogens is 1. The van der Waals surface area contributed by atoms with Crippen molar-refractivity contribution in [3.63, 3.8) is 0 Å². The van der Waals surface area contributed by atoms with E-state index >= 15 is 0 Å². The number of aryl methyl sites for hydroxylation is 1. The number of nitrogens with two attached hydrogens (primary N) is 1. The van der Waals surface area contributed by atoms with E-state index in [-0.39, 0.29) is 24.0 Å². The molecule has 17 heavy (non-hydrogen) atoms. The van der Waals surface area contributed by atoms with Crippen LogP contribution in [0.15, 0.2) is 11.2 Å². The average molecular weight is 352 g/mol. The predicted molar refractivity (Wildman–Crippen MR) is 74.1 cm³/mol. The van der Waals surface area contributed by atoms with Gasteiger partial charge in [-0.2, -0.15) is 0 Å². The smallest absolute Gasteiger partial charge is 0.191 e. The van der Waals surface area contributed by atoms with Crippen LogP contribution in [-0.4, -0.2) is 52.2 Å². The molecule has 1 aromatic rings. The van der Waals surface area contributed by atoms with Crippen LogP contribution in [0.1, 0.15) is 5.69 Å². The van der Waals surface area contributed by atoms with Crippen molar-refractivity contribution in [2.75, 3.05) is 26.3 Å². The van der Waals surface area contributed by atoms with Crippen molar-refractivity contribution in [1.29, 1.82) is 0 Å². The van der Waals surface area contributed by atoms with Crippen LogP contribution in [0.2, 0.25) is 0 Å². The molecular formula is C9H17IN6O. The summed E-state index contributed by atoms with van der Waals surface area (Å²) in [6.45, 7) is 3.54. The SMILES string of the molecule is Cn1nncc1CN=C(N)N1CCOCC1.I. The van der Waals surface area contributed by atoms with Crippen molar-refractivity contribution < 1.29 is 4.74 Å². The third-order valence-corrected chi connectivity index (χ3v) is 2.55. The molecular weight excluding hydrogens is 335 g/mol. The minimum Gasteiger partial charge on any atom is -0.378 e. The van der Waals surface area contributed by atoms with E-state index in [4.69, 9.17) is 10.5 Å². The summed E-state index contributed by atoms with van der Waals surface area (Å²) in [5, 5.41) is 7.61. The fraction of sp³-hybridized carbons (Fsp3) is 0.667. The maximum Gasteiger partial charge on any atom is 0.191 e. The van der Waals surface area contributed by atoms with Gasteiger partial charge in [0.2, 0.25) is 0 Å². The maximum absolute atomic E-state index is 5.89. The first kappa shape index (κ1) is 14.2. The quantitative estimate of drug-likeness (QED) is 0.444. The van der Waals surface area contributed by atoms with E-state index in [1.165, 1.54) is 0 Å². The average Bonchev–Trinajstić information content (AvgIpc) is 2.73. The van der Waals surface area contributed by atoms with Gasteiger partial charge in [0.15, 0.2) is 5.96 Å². The summed E-state index contributed by atoms with van der Waals surface area (Å²) in [6, 6.07) is 0. The fourth-order valence-electron chi connectivity index (χ4n) is 1.51. The van der Waals surface area contributed by atoms with Gasteiger partial charge in [0, 0.05) is 20.1 Å². The number of ether oxygens (including phenoxy) is 1. The van der Waals surface area contributed by atoms with Gasteiger partial charge in [0.05, 0.1) is 31.6 Å². The second kappa shape index (κ2) is 6.74. The summed E-state index contributed by atoms with van der Waals surface area (Å²) in [7, 11) is 1.84. The van der Waals surface area contributed by atoms with Gasteiger partial charge in [-0.05, 0) is 0 Å². The van der Waals surface area contributed by atoms with Crippen LogP contribution in [0, 0.1) is 0 Å². The number of rotatable bonds is 2. The van der Waals surface area contributed by atoms with Crippen LogP contribution >= 0.6 is 24.0 Å². The topological polar surface area (TPSA) is 81.6 Å². The summed E-state index contributed by atoms with van der Waals surface area (Å²) in [4.78, 5) is 6.34. The highest BCUT2D eigenvalue weighted by Crippen LogP contribution is 1.99. The van der Waals surface area contributed by atoms with Crippen molar-refractivity contribution >= 4 is 29.9 Å². The molecule has 7 nitrogen and oxygen atoms in total. The Balaban J connectivity index is 0.00000144. The lowest BCUT2D eigenvalue weighted by Crippen LogP contribution is -2.44.